The number of nitro groups is 1. The van der Waals surface area contributed by atoms with Crippen LogP contribution >= 0.6 is 15.9 Å². The summed E-state index contributed by atoms with van der Waals surface area (Å²) < 4.78 is 6.06. The zero-order chi connectivity index (χ0) is 28.3. The molecule has 3 aromatic carbocycles. The number of hydrogen-bond acceptors (Lipinski definition) is 7. The second kappa shape index (κ2) is 11.3. The van der Waals surface area contributed by atoms with Crippen molar-refractivity contribution in [1.29, 1.82) is 0 Å². The Bertz CT molecular complexity index is 1570. The molecule has 1 aliphatic heterocycles. The summed E-state index contributed by atoms with van der Waals surface area (Å²) in [5.41, 5.74) is 2.38. The largest absolute Gasteiger partial charge is 0.483 e. The van der Waals surface area contributed by atoms with E-state index in [1.165, 1.54) is 24.3 Å². The number of non-ortho nitro benzene ring substituents is 1. The first kappa shape index (κ1) is 27.2. The number of nitrogens with zero attached hydrogens (tertiary/aromatic N) is 2. The van der Waals surface area contributed by atoms with E-state index >= 15 is 0 Å². The van der Waals surface area contributed by atoms with Crippen LogP contribution in [0, 0.1) is 24.0 Å². The molecule has 0 spiro atoms. The number of rotatable bonds is 7. The van der Waals surface area contributed by atoms with E-state index in [4.69, 9.17) is 4.74 Å². The molecule has 2 N–H and O–H groups in total. The lowest BCUT2D eigenvalue weighted by Crippen LogP contribution is -2.54. The summed E-state index contributed by atoms with van der Waals surface area (Å²) in [6.07, 6.45) is 1.27. The number of urea groups is 1. The van der Waals surface area contributed by atoms with Gasteiger partial charge in [0.1, 0.15) is 11.3 Å². The fourth-order valence-corrected chi connectivity index (χ4v) is 4.26. The highest BCUT2D eigenvalue weighted by Gasteiger charge is 2.37. The van der Waals surface area contributed by atoms with Crippen LogP contribution in [0.2, 0.25) is 0 Å². The van der Waals surface area contributed by atoms with Crippen LogP contribution in [0.15, 0.2) is 70.7 Å². The molecule has 1 heterocycles. The Morgan fingerprint density at radius 1 is 1.10 bits per heavy atom. The number of nitrogens with one attached hydrogen (secondary N) is 2. The van der Waals surface area contributed by atoms with Gasteiger partial charge < -0.3 is 10.1 Å². The third-order valence-corrected chi connectivity index (χ3v) is 6.52. The Morgan fingerprint density at radius 3 is 2.56 bits per heavy atom. The van der Waals surface area contributed by atoms with Crippen molar-refractivity contribution in [1.82, 2.24) is 5.32 Å². The molecule has 0 saturated carbocycles. The molecule has 0 aromatic heterocycles. The molecule has 11 nitrogen and oxygen atoms in total. The van der Waals surface area contributed by atoms with Gasteiger partial charge >= 0.3 is 6.03 Å². The highest BCUT2D eigenvalue weighted by Crippen LogP contribution is 2.29. The maximum Gasteiger partial charge on any atom is 0.335 e. The molecule has 0 bridgehead atoms. The minimum Gasteiger partial charge on any atom is -0.483 e. The van der Waals surface area contributed by atoms with E-state index in [1.807, 2.05) is 26.0 Å². The molecule has 198 valence electrons. The minimum absolute atomic E-state index is 0.0610. The second-order valence-corrected chi connectivity index (χ2v) is 9.36. The number of imide groups is 2. The van der Waals surface area contributed by atoms with Crippen molar-refractivity contribution in [2.75, 3.05) is 16.8 Å². The molecule has 12 heteroatoms. The average Bonchev–Trinajstić information content (AvgIpc) is 2.89. The van der Waals surface area contributed by atoms with Gasteiger partial charge in [-0.1, -0.05) is 24.3 Å². The molecular formula is C27H21BrN4O7. The molecule has 39 heavy (non-hydrogen) atoms. The van der Waals surface area contributed by atoms with Crippen molar-refractivity contribution in [2.24, 2.45) is 0 Å². The quantitative estimate of drug-likeness (QED) is 0.175. The molecule has 0 aliphatic carbocycles. The van der Waals surface area contributed by atoms with Gasteiger partial charge in [0.05, 0.1) is 15.1 Å². The van der Waals surface area contributed by atoms with Gasteiger partial charge in [0.25, 0.3) is 23.4 Å². The summed E-state index contributed by atoms with van der Waals surface area (Å²) in [6.45, 7) is 3.60. The van der Waals surface area contributed by atoms with E-state index in [0.717, 1.165) is 17.2 Å². The highest BCUT2D eigenvalue weighted by molar-refractivity contribution is 9.10. The summed E-state index contributed by atoms with van der Waals surface area (Å²) in [5, 5.41) is 16.0. The lowest BCUT2D eigenvalue weighted by atomic mass is 10.1. The number of amides is 5. The van der Waals surface area contributed by atoms with Gasteiger partial charge in [-0.3, -0.25) is 29.8 Å². The SMILES string of the molecule is Cc1cccc(NC(=O)COc2ccc(/C=C3/C(=O)NC(=O)N(c4cccc([N+](=O)[O-])c4)C3=O)cc2Br)c1C. The van der Waals surface area contributed by atoms with Crippen LogP contribution in [0.1, 0.15) is 16.7 Å². The Morgan fingerprint density at radius 2 is 1.85 bits per heavy atom. The first-order chi connectivity index (χ1) is 18.5. The summed E-state index contributed by atoms with van der Waals surface area (Å²) >= 11 is 3.36. The van der Waals surface area contributed by atoms with Crippen molar-refractivity contribution in [3.05, 3.63) is 97.5 Å². The van der Waals surface area contributed by atoms with E-state index in [0.29, 0.717) is 26.4 Å². The lowest BCUT2D eigenvalue weighted by Gasteiger charge is -2.26. The predicted molar refractivity (Wildman–Crippen MR) is 146 cm³/mol. The zero-order valence-electron chi connectivity index (χ0n) is 20.7. The first-order valence-electron chi connectivity index (χ1n) is 11.5. The number of halogens is 1. The summed E-state index contributed by atoms with van der Waals surface area (Å²) in [6, 6.07) is 14.2. The van der Waals surface area contributed by atoms with Gasteiger partial charge in [0, 0.05) is 17.8 Å². The fraction of sp³-hybridized carbons (Fsp3) is 0.111. The van der Waals surface area contributed by atoms with Crippen LogP contribution < -0.4 is 20.3 Å². The second-order valence-electron chi connectivity index (χ2n) is 8.51. The van der Waals surface area contributed by atoms with E-state index in [1.54, 1.807) is 24.3 Å². The highest BCUT2D eigenvalue weighted by atomic mass is 79.9. The molecule has 1 fully saturated rings. The monoisotopic (exact) mass is 592 g/mol. The van der Waals surface area contributed by atoms with Crippen molar-refractivity contribution in [3.8, 4) is 5.75 Å². The maximum absolute atomic E-state index is 13.1. The fourth-order valence-electron chi connectivity index (χ4n) is 3.74. The number of carbonyl (C=O) groups is 4. The number of barbiturate groups is 1. The van der Waals surface area contributed by atoms with Crippen molar-refractivity contribution in [3.63, 3.8) is 0 Å². The van der Waals surface area contributed by atoms with Crippen LogP contribution in [0.3, 0.4) is 0 Å². The first-order valence-corrected chi connectivity index (χ1v) is 12.3. The van der Waals surface area contributed by atoms with Gasteiger partial charge in [-0.15, -0.1) is 0 Å². The number of ether oxygens (including phenoxy) is 1. The molecule has 0 atom stereocenters. The topological polar surface area (TPSA) is 148 Å². The van der Waals surface area contributed by atoms with Crippen molar-refractivity contribution < 1.29 is 28.8 Å². The Kier molecular flexibility index (Phi) is 7.86. The van der Waals surface area contributed by atoms with Crippen LogP contribution in [0.25, 0.3) is 6.08 Å². The third kappa shape index (κ3) is 6.02. The van der Waals surface area contributed by atoms with E-state index in [2.05, 4.69) is 26.6 Å². The minimum atomic E-state index is -1.02. The summed E-state index contributed by atoms with van der Waals surface area (Å²) in [7, 11) is 0. The number of anilines is 2. The number of nitro benzene ring substituents is 1. The van der Waals surface area contributed by atoms with Gasteiger partial charge in [-0.25, -0.2) is 9.69 Å². The maximum atomic E-state index is 13.1. The smallest absolute Gasteiger partial charge is 0.335 e. The van der Waals surface area contributed by atoms with Gasteiger partial charge in [0.15, 0.2) is 6.61 Å². The normalized spacial score (nSPS) is 14.3. The van der Waals surface area contributed by atoms with Crippen molar-refractivity contribution in [2.45, 2.75) is 13.8 Å². The van der Waals surface area contributed by atoms with Gasteiger partial charge in [-0.05, 0) is 76.8 Å². The number of benzene rings is 3. The third-order valence-electron chi connectivity index (χ3n) is 5.90. The Hall–Kier alpha value is -4.84. The Balaban J connectivity index is 1.50. The molecule has 5 amide bonds. The van der Waals surface area contributed by atoms with E-state index < -0.39 is 22.8 Å². The summed E-state index contributed by atoms with van der Waals surface area (Å²) in [4.78, 5) is 61.4. The molecule has 0 unspecified atom stereocenters. The van der Waals surface area contributed by atoms with Crippen LogP contribution in [0.4, 0.5) is 21.9 Å². The number of carbonyl (C=O) groups excluding carboxylic acids is 4. The van der Waals surface area contributed by atoms with Gasteiger partial charge in [-0.2, -0.15) is 0 Å². The average molecular weight is 593 g/mol. The molecule has 1 saturated heterocycles. The Labute approximate surface area is 230 Å². The van der Waals surface area contributed by atoms with Crippen molar-refractivity contribution >= 4 is 62.8 Å². The van der Waals surface area contributed by atoms with Gasteiger partial charge in [0.2, 0.25) is 0 Å². The molecular weight excluding hydrogens is 572 g/mol. The molecule has 1 aliphatic rings. The van der Waals surface area contributed by atoms with Crippen LogP contribution in [-0.4, -0.2) is 35.3 Å². The van der Waals surface area contributed by atoms with E-state index in [-0.39, 0.29) is 29.5 Å². The van der Waals surface area contributed by atoms with Crippen LogP contribution in [0.5, 0.6) is 5.75 Å². The zero-order valence-corrected chi connectivity index (χ0v) is 22.3. The number of aryl methyl sites for hydroxylation is 1. The molecule has 3 aromatic rings. The molecule has 0 radical (unpaired) electrons. The van der Waals surface area contributed by atoms with E-state index in [9.17, 15) is 29.3 Å². The number of hydrogen-bond donors (Lipinski definition) is 2. The predicted octanol–water partition coefficient (Wildman–Crippen LogP) is 4.66. The summed E-state index contributed by atoms with van der Waals surface area (Å²) in [5.74, 6) is -1.85. The lowest BCUT2D eigenvalue weighted by molar-refractivity contribution is -0.384. The molecule has 4 rings (SSSR count). The van der Waals surface area contributed by atoms with Crippen LogP contribution in [-0.2, 0) is 14.4 Å². The standard InChI is InChI=1S/C27H21BrN4O7/c1-15-5-3-8-22(16(15)2)29-24(33)14-39-23-10-9-17(12-21(23)28)11-20-25(34)30-27(36)31(26(20)35)18-6-4-7-19(13-18)32(37)38/h3-13H,14H2,1-2H3,(H,29,33)(H,30,34,36)/b20-11-.